The van der Waals surface area contributed by atoms with Crippen molar-refractivity contribution in [2.75, 3.05) is 18.4 Å². The topological polar surface area (TPSA) is 96.2 Å². The Bertz CT molecular complexity index is 1460. The van der Waals surface area contributed by atoms with Gasteiger partial charge in [-0.05, 0) is 86.6 Å². The van der Waals surface area contributed by atoms with Crippen molar-refractivity contribution in [2.45, 2.75) is 85.5 Å². The first-order chi connectivity index (χ1) is 20.5. The maximum atomic E-state index is 13.9. The van der Waals surface area contributed by atoms with Gasteiger partial charge in [0.2, 0.25) is 17.8 Å². The summed E-state index contributed by atoms with van der Waals surface area (Å²) in [5, 5.41) is 11.8. The van der Waals surface area contributed by atoms with Gasteiger partial charge in [-0.25, -0.2) is 9.67 Å². The molecule has 43 heavy (non-hydrogen) atoms. The average molecular weight is 655 g/mol. The first-order valence-electron chi connectivity index (χ1n) is 15.1. The van der Waals surface area contributed by atoms with Crippen molar-refractivity contribution in [3.8, 4) is 0 Å². The highest BCUT2D eigenvalue weighted by Crippen LogP contribution is 2.34. The minimum atomic E-state index is -0.537. The predicted octanol–water partition coefficient (Wildman–Crippen LogP) is 5.41. The highest BCUT2D eigenvalue weighted by atomic mass is 79.9. The number of anilines is 1. The molecular weight excluding hydrogens is 613 g/mol. The fourth-order valence-electron chi connectivity index (χ4n) is 6.82. The maximum Gasteiger partial charge on any atom is 0.228 e. The van der Waals surface area contributed by atoms with Gasteiger partial charge in [0.25, 0.3) is 0 Å². The number of benzene rings is 1. The van der Waals surface area contributed by atoms with Gasteiger partial charge in [-0.15, -0.1) is 5.10 Å². The quantitative estimate of drug-likeness (QED) is 0.343. The summed E-state index contributed by atoms with van der Waals surface area (Å²) in [6, 6.07) is 7.40. The molecule has 2 unspecified atom stereocenters. The standard InChI is InChI=1S/C32H41BrFN7O2/c1-19-12-20(2)29(21(3)13-19)36-31(42)26-8-6-7-9-27(26)32(43)39-14-22(4)41(23(5)15-39)18-25-17-40(38-37-25)16-24-10-11-28(34)35-30(24)33/h10-13,17,22-23,26-27H,6-9,14-16,18H2,1-5H3,(H,36,42)/t22-,23+,26?,27?. The van der Waals surface area contributed by atoms with Gasteiger partial charge in [0, 0.05) is 54.8 Å². The van der Waals surface area contributed by atoms with Crippen LogP contribution in [0, 0.1) is 38.6 Å². The molecule has 4 atom stereocenters. The fourth-order valence-corrected chi connectivity index (χ4v) is 7.25. The maximum absolute atomic E-state index is 13.9. The monoisotopic (exact) mass is 653 g/mol. The molecule has 3 heterocycles. The molecule has 1 aliphatic carbocycles. The van der Waals surface area contributed by atoms with Crippen molar-refractivity contribution in [3.63, 3.8) is 0 Å². The number of aryl methyl sites for hydroxylation is 3. The fraction of sp³-hybridized carbons (Fsp3) is 0.531. The van der Waals surface area contributed by atoms with Crippen molar-refractivity contribution in [1.29, 1.82) is 0 Å². The van der Waals surface area contributed by atoms with Gasteiger partial charge in [-0.2, -0.15) is 4.39 Å². The van der Waals surface area contributed by atoms with Crippen LogP contribution in [-0.4, -0.2) is 66.8 Å². The molecule has 5 rings (SSSR count). The van der Waals surface area contributed by atoms with E-state index < -0.39 is 5.95 Å². The lowest BCUT2D eigenvalue weighted by Gasteiger charge is -2.45. The molecule has 0 radical (unpaired) electrons. The number of hydrogen-bond donors (Lipinski definition) is 1. The van der Waals surface area contributed by atoms with E-state index in [2.05, 4.69) is 74.3 Å². The highest BCUT2D eigenvalue weighted by molar-refractivity contribution is 9.10. The number of nitrogens with zero attached hydrogens (tertiary/aromatic N) is 6. The third kappa shape index (κ3) is 7.15. The number of nitrogens with one attached hydrogen (secondary N) is 1. The van der Waals surface area contributed by atoms with Crippen molar-refractivity contribution < 1.29 is 14.0 Å². The van der Waals surface area contributed by atoms with E-state index in [4.69, 9.17) is 0 Å². The summed E-state index contributed by atoms with van der Waals surface area (Å²) in [6.45, 7) is 12.6. The first kappa shape index (κ1) is 31.3. The van der Waals surface area contributed by atoms with E-state index in [0.29, 0.717) is 30.8 Å². The summed E-state index contributed by atoms with van der Waals surface area (Å²) in [5.41, 5.74) is 5.76. The van der Waals surface area contributed by atoms with Gasteiger partial charge in [0.15, 0.2) is 0 Å². The third-order valence-corrected chi connectivity index (χ3v) is 9.60. The summed E-state index contributed by atoms with van der Waals surface area (Å²) in [5.74, 6) is -1.10. The predicted molar refractivity (Wildman–Crippen MR) is 167 cm³/mol. The van der Waals surface area contributed by atoms with E-state index >= 15 is 0 Å². The van der Waals surface area contributed by atoms with E-state index in [-0.39, 0.29) is 35.7 Å². The second kappa shape index (κ2) is 13.2. The molecule has 230 valence electrons. The lowest BCUT2D eigenvalue weighted by molar-refractivity contribution is -0.146. The second-order valence-corrected chi connectivity index (χ2v) is 13.1. The Morgan fingerprint density at radius 2 is 1.65 bits per heavy atom. The van der Waals surface area contributed by atoms with Crippen LogP contribution in [0.2, 0.25) is 0 Å². The zero-order valence-electron chi connectivity index (χ0n) is 25.6. The number of piperazine rings is 1. The third-order valence-electron chi connectivity index (χ3n) is 8.91. The first-order valence-corrected chi connectivity index (χ1v) is 15.9. The molecule has 2 amide bonds. The van der Waals surface area contributed by atoms with E-state index in [1.807, 2.05) is 24.9 Å². The number of hydrogen-bond acceptors (Lipinski definition) is 6. The number of halogens is 2. The Morgan fingerprint density at radius 1 is 1.00 bits per heavy atom. The van der Waals surface area contributed by atoms with Crippen LogP contribution < -0.4 is 5.32 Å². The van der Waals surface area contributed by atoms with Gasteiger partial charge in [0.05, 0.1) is 18.4 Å². The number of amides is 2. The van der Waals surface area contributed by atoms with Crippen LogP contribution >= 0.6 is 15.9 Å². The van der Waals surface area contributed by atoms with Crippen LogP contribution in [0.25, 0.3) is 0 Å². The van der Waals surface area contributed by atoms with Crippen LogP contribution in [0.5, 0.6) is 0 Å². The van der Waals surface area contributed by atoms with Gasteiger partial charge in [-0.1, -0.05) is 35.8 Å². The smallest absolute Gasteiger partial charge is 0.228 e. The summed E-state index contributed by atoms with van der Waals surface area (Å²) in [6.07, 6.45) is 5.30. The normalized spacial score (nSPS) is 22.9. The molecule has 0 bridgehead atoms. The zero-order chi connectivity index (χ0) is 30.8. The summed E-state index contributed by atoms with van der Waals surface area (Å²) in [4.78, 5) is 35.6. The molecule has 1 aliphatic heterocycles. The van der Waals surface area contributed by atoms with Crippen LogP contribution in [0.4, 0.5) is 10.1 Å². The SMILES string of the molecule is Cc1cc(C)c(NC(=O)C2CCCCC2C(=O)N2C[C@@H](C)N(Cc3cn(Cc4ccc(F)nc4Br)nn3)[C@@H](C)C2)c(C)c1. The van der Waals surface area contributed by atoms with E-state index in [9.17, 15) is 14.0 Å². The Kier molecular flexibility index (Phi) is 9.60. The lowest BCUT2D eigenvalue weighted by atomic mass is 9.77. The van der Waals surface area contributed by atoms with Crippen LogP contribution in [0.15, 0.2) is 35.1 Å². The van der Waals surface area contributed by atoms with Crippen molar-refractivity contribution in [2.24, 2.45) is 11.8 Å². The molecule has 2 aliphatic rings. The van der Waals surface area contributed by atoms with E-state index in [1.54, 1.807) is 10.7 Å². The van der Waals surface area contributed by atoms with Gasteiger partial charge < -0.3 is 10.2 Å². The number of pyridine rings is 1. The molecule has 9 nitrogen and oxygen atoms in total. The van der Waals surface area contributed by atoms with E-state index in [0.717, 1.165) is 53.8 Å². The molecule has 1 saturated carbocycles. The Balaban J connectivity index is 1.21. The molecule has 0 spiro atoms. The van der Waals surface area contributed by atoms with Crippen molar-refractivity contribution in [3.05, 3.63) is 69.0 Å². The zero-order valence-corrected chi connectivity index (χ0v) is 27.2. The van der Waals surface area contributed by atoms with Gasteiger partial charge >= 0.3 is 0 Å². The molecule has 2 aromatic heterocycles. The molecule has 1 N–H and O–H groups in total. The van der Waals surface area contributed by atoms with Gasteiger partial charge in [0.1, 0.15) is 4.60 Å². The molecule has 1 aromatic carbocycles. The summed E-state index contributed by atoms with van der Waals surface area (Å²) in [7, 11) is 0. The summed E-state index contributed by atoms with van der Waals surface area (Å²) < 4.78 is 15.5. The lowest BCUT2D eigenvalue weighted by Crippen LogP contribution is -2.59. The van der Waals surface area contributed by atoms with Crippen molar-refractivity contribution >= 4 is 33.4 Å². The second-order valence-electron chi connectivity index (χ2n) is 12.4. The van der Waals surface area contributed by atoms with Gasteiger partial charge in [-0.3, -0.25) is 14.5 Å². The van der Waals surface area contributed by atoms with Crippen LogP contribution in [0.3, 0.4) is 0 Å². The Morgan fingerprint density at radius 3 is 2.30 bits per heavy atom. The highest BCUT2D eigenvalue weighted by Gasteiger charge is 2.41. The molecule has 2 fully saturated rings. The molecule has 3 aromatic rings. The van der Waals surface area contributed by atoms with E-state index in [1.165, 1.54) is 11.6 Å². The summed E-state index contributed by atoms with van der Waals surface area (Å²) >= 11 is 3.31. The number of rotatable bonds is 7. The molecular formula is C32H41BrFN7O2. The number of carbonyl (C=O) groups excluding carboxylic acids is 2. The average Bonchev–Trinajstić information content (AvgIpc) is 3.40. The number of aromatic nitrogens is 4. The molecule has 11 heteroatoms. The van der Waals surface area contributed by atoms with Crippen molar-refractivity contribution in [1.82, 2.24) is 29.8 Å². The minimum Gasteiger partial charge on any atom is -0.339 e. The number of carbonyl (C=O) groups is 2. The van der Waals surface area contributed by atoms with Crippen LogP contribution in [0.1, 0.15) is 67.5 Å². The Labute approximate surface area is 261 Å². The minimum absolute atomic E-state index is 0.0422. The Hall–Kier alpha value is -3.18. The largest absolute Gasteiger partial charge is 0.339 e. The van der Waals surface area contributed by atoms with Crippen LogP contribution in [-0.2, 0) is 22.7 Å². The molecule has 1 saturated heterocycles.